The number of nitrogens with one attached hydrogen (secondary N) is 2. The second kappa shape index (κ2) is 7.14. The normalized spacial score (nSPS) is 10.2. The van der Waals surface area contributed by atoms with Gasteiger partial charge in [0.2, 0.25) is 5.91 Å². The first-order valence-corrected chi connectivity index (χ1v) is 8.27. The predicted molar refractivity (Wildman–Crippen MR) is 98.1 cm³/mol. The molecule has 0 saturated heterocycles. The van der Waals surface area contributed by atoms with Gasteiger partial charge in [0, 0.05) is 23.6 Å². The molecule has 5 nitrogen and oxygen atoms in total. The van der Waals surface area contributed by atoms with Crippen molar-refractivity contribution in [3.05, 3.63) is 53.9 Å². The van der Waals surface area contributed by atoms with Crippen molar-refractivity contribution in [3.8, 4) is 17.0 Å². The summed E-state index contributed by atoms with van der Waals surface area (Å²) in [6, 6.07) is 15.3. The van der Waals surface area contributed by atoms with E-state index in [9.17, 15) is 4.79 Å². The molecule has 1 heterocycles. The number of ether oxygens (including phenoxy) is 1. The van der Waals surface area contributed by atoms with Crippen LogP contribution in [0.15, 0.2) is 53.9 Å². The summed E-state index contributed by atoms with van der Waals surface area (Å²) >= 11 is 1.53. The molecule has 3 rings (SSSR count). The van der Waals surface area contributed by atoms with Crippen molar-refractivity contribution in [3.63, 3.8) is 0 Å². The maximum Gasteiger partial charge on any atom is 0.221 e. The lowest BCUT2D eigenvalue weighted by Gasteiger charge is -2.08. The van der Waals surface area contributed by atoms with Gasteiger partial charge in [0.1, 0.15) is 5.75 Å². The first-order chi connectivity index (χ1) is 11.7. The fraction of sp³-hybridized carbons (Fsp3) is 0.111. The van der Waals surface area contributed by atoms with Gasteiger partial charge in [-0.05, 0) is 24.3 Å². The Morgan fingerprint density at radius 3 is 2.58 bits per heavy atom. The minimum Gasteiger partial charge on any atom is -0.495 e. The van der Waals surface area contributed by atoms with E-state index in [2.05, 4.69) is 15.6 Å². The largest absolute Gasteiger partial charge is 0.495 e. The number of amides is 1. The number of aromatic nitrogens is 1. The van der Waals surface area contributed by atoms with Crippen molar-refractivity contribution < 1.29 is 9.53 Å². The fourth-order valence-corrected chi connectivity index (χ4v) is 2.99. The molecule has 3 aromatic rings. The molecule has 0 bridgehead atoms. The van der Waals surface area contributed by atoms with Crippen molar-refractivity contribution in [2.45, 2.75) is 6.92 Å². The zero-order chi connectivity index (χ0) is 16.9. The summed E-state index contributed by atoms with van der Waals surface area (Å²) in [6.07, 6.45) is 0. The van der Waals surface area contributed by atoms with Gasteiger partial charge in [0.15, 0.2) is 5.13 Å². The van der Waals surface area contributed by atoms with Crippen LogP contribution in [0, 0.1) is 0 Å². The summed E-state index contributed by atoms with van der Waals surface area (Å²) in [6.45, 7) is 1.49. The van der Waals surface area contributed by atoms with Crippen LogP contribution in [0.3, 0.4) is 0 Å². The van der Waals surface area contributed by atoms with E-state index in [1.807, 2.05) is 53.9 Å². The van der Waals surface area contributed by atoms with Crippen molar-refractivity contribution in [1.29, 1.82) is 0 Å². The lowest BCUT2D eigenvalue weighted by Crippen LogP contribution is -2.05. The number of methoxy groups -OCH3 is 1. The standard InChI is InChI=1S/C18H17N3O2S/c1-12(22)19-14-9-7-13(8-10-14)16-11-24-18(21-16)20-15-5-3-4-6-17(15)23-2/h3-11H,1-2H3,(H,19,22)(H,20,21). The Morgan fingerprint density at radius 2 is 1.88 bits per heavy atom. The Balaban J connectivity index is 1.77. The summed E-state index contributed by atoms with van der Waals surface area (Å²) in [5, 5.41) is 8.81. The summed E-state index contributed by atoms with van der Waals surface area (Å²) in [7, 11) is 1.64. The number of anilines is 3. The molecule has 24 heavy (non-hydrogen) atoms. The third-order valence-corrected chi connectivity index (χ3v) is 4.11. The van der Waals surface area contributed by atoms with E-state index < -0.39 is 0 Å². The van der Waals surface area contributed by atoms with Crippen LogP contribution in [-0.4, -0.2) is 18.0 Å². The molecule has 0 saturated carbocycles. The molecule has 0 aliphatic carbocycles. The van der Waals surface area contributed by atoms with Crippen LogP contribution in [0.2, 0.25) is 0 Å². The number of carbonyl (C=O) groups is 1. The minimum absolute atomic E-state index is 0.0836. The number of benzene rings is 2. The van der Waals surface area contributed by atoms with Crippen LogP contribution in [-0.2, 0) is 4.79 Å². The third kappa shape index (κ3) is 3.72. The summed E-state index contributed by atoms with van der Waals surface area (Å²) in [5.41, 5.74) is 3.52. The van der Waals surface area contributed by atoms with Gasteiger partial charge in [0.25, 0.3) is 0 Å². The second-order valence-corrected chi connectivity index (χ2v) is 5.98. The van der Waals surface area contributed by atoms with Crippen LogP contribution in [0.4, 0.5) is 16.5 Å². The molecule has 0 spiro atoms. The van der Waals surface area contributed by atoms with Gasteiger partial charge in [-0.1, -0.05) is 24.3 Å². The summed E-state index contributed by atoms with van der Waals surface area (Å²) in [5.74, 6) is 0.689. The summed E-state index contributed by atoms with van der Waals surface area (Å²) in [4.78, 5) is 15.7. The Bertz CT molecular complexity index is 843. The molecule has 122 valence electrons. The Morgan fingerprint density at radius 1 is 1.12 bits per heavy atom. The van der Waals surface area contributed by atoms with Crippen LogP contribution in [0.5, 0.6) is 5.75 Å². The number of carbonyl (C=O) groups excluding carboxylic acids is 1. The first-order valence-electron chi connectivity index (χ1n) is 7.39. The molecule has 2 aromatic carbocycles. The van der Waals surface area contributed by atoms with Gasteiger partial charge in [-0.2, -0.15) is 0 Å². The number of hydrogen-bond donors (Lipinski definition) is 2. The molecule has 6 heteroatoms. The summed E-state index contributed by atoms with van der Waals surface area (Å²) < 4.78 is 5.33. The second-order valence-electron chi connectivity index (χ2n) is 5.12. The quantitative estimate of drug-likeness (QED) is 0.717. The molecule has 0 fully saturated rings. The predicted octanol–water partition coefficient (Wildman–Crippen LogP) is 4.52. The maximum absolute atomic E-state index is 11.1. The first kappa shape index (κ1) is 16.0. The zero-order valence-electron chi connectivity index (χ0n) is 13.4. The van der Waals surface area contributed by atoms with Crippen molar-refractivity contribution in [1.82, 2.24) is 4.98 Å². The van der Waals surface area contributed by atoms with Gasteiger partial charge < -0.3 is 15.4 Å². The number of para-hydroxylation sites is 2. The number of rotatable bonds is 5. The van der Waals surface area contributed by atoms with Gasteiger partial charge >= 0.3 is 0 Å². The molecule has 0 atom stereocenters. The van der Waals surface area contributed by atoms with Crippen LogP contribution in [0.1, 0.15) is 6.92 Å². The van der Waals surface area contributed by atoms with Gasteiger partial charge in [-0.3, -0.25) is 4.79 Å². The monoisotopic (exact) mass is 339 g/mol. The van der Waals surface area contributed by atoms with Crippen LogP contribution >= 0.6 is 11.3 Å². The zero-order valence-corrected chi connectivity index (χ0v) is 14.2. The highest BCUT2D eigenvalue weighted by Crippen LogP contribution is 2.31. The van der Waals surface area contributed by atoms with Gasteiger partial charge in [-0.25, -0.2) is 4.98 Å². The molecule has 2 N–H and O–H groups in total. The topological polar surface area (TPSA) is 63.2 Å². The van der Waals surface area contributed by atoms with E-state index in [0.29, 0.717) is 0 Å². The van der Waals surface area contributed by atoms with E-state index >= 15 is 0 Å². The molecule has 0 aliphatic heterocycles. The van der Waals surface area contributed by atoms with E-state index in [-0.39, 0.29) is 5.91 Å². The van der Waals surface area contributed by atoms with E-state index in [1.165, 1.54) is 18.3 Å². The number of hydrogen-bond acceptors (Lipinski definition) is 5. The van der Waals surface area contributed by atoms with E-state index in [4.69, 9.17) is 4.74 Å². The molecule has 0 unspecified atom stereocenters. The van der Waals surface area contributed by atoms with E-state index in [1.54, 1.807) is 7.11 Å². The Labute approximate surface area is 144 Å². The van der Waals surface area contributed by atoms with Crippen LogP contribution in [0.25, 0.3) is 11.3 Å². The van der Waals surface area contributed by atoms with Gasteiger partial charge in [-0.15, -0.1) is 11.3 Å². The third-order valence-electron chi connectivity index (χ3n) is 3.35. The average Bonchev–Trinajstić information content (AvgIpc) is 3.04. The Kier molecular flexibility index (Phi) is 4.77. The van der Waals surface area contributed by atoms with Crippen molar-refractivity contribution >= 4 is 33.8 Å². The average molecular weight is 339 g/mol. The van der Waals surface area contributed by atoms with Gasteiger partial charge in [0.05, 0.1) is 18.5 Å². The Hall–Kier alpha value is -2.86. The van der Waals surface area contributed by atoms with Crippen molar-refractivity contribution in [2.75, 3.05) is 17.7 Å². The SMILES string of the molecule is COc1ccccc1Nc1nc(-c2ccc(NC(C)=O)cc2)cs1. The highest BCUT2D eigenvalue weighted by Gasteiger charge is 2.07. The lowest BCUT2D eigenvalue weighted by molar-refractivity contribution is -0.114. The van der Waals surface area contributed by atoms with Crippen LogP contribution < -0.4 is 15.4 Å². The molecule has 1 amide bonds. The molecule has 0 aliphatic rings. The van der Waals surface area contributed by atoms with Crippen molar-refractivity contribution in [2.24, 2.45) is 0 Å². The maximum atomic E-state index is 11.1. The highest BCUT2D eigenvalue weighted by atomic mass is 32.1. The lowest BCUT2D eigenvalue weighted by atomic mass is 10.1. The number of thiazole rings is 1. The highest BCUT2D eigenvalue weighted by molar-refractivity contribution is 7.14. The fourth-order valence-electron chi connectivity index (χ4n) is 2.25. The number of nitrogens with zero attached hydrogens (tertiary/aromatic N) is 1. The molecule has 1 aromatic heterocycles. The molecular formula is C18H17N3O2S. The molecule has 0 radical (unpaired) electrons. The molecular weight excluding hydrogens is 322 g/mol. The minimum atomic E-state index is -0.0836. The van der Waals surface area contributed by atoms with E-state index in [0.717, 1.165) is 33.5 Å². The smallest absolute Gasteiger partial charge is 0.221 e.